The second-order valence-corrected chi connectivity index (χ2v) is 5.81. The van der Waals surface area contributed by atoms with E-state index in [1.807, 2.05) is 0 Å². The predicted molar refractivity (Wildman–Crippen MR) is 78.7 cm³/mol. The molecule has 21 heavy (non-hydrogen) atoms. The summed E-state index contributed by atoms with van der Waals surface area (Å²) in [7, 11) is 4.68. The van der Waals surface area contributed by atoms with E-state index in [2.05, 4.69) is 0 Å². The topological polar surface area (TPSA) is 90.3 Å². The number of carbonyl (C=O) groups is 1. The molecule has 1 amide bonds. The lowest BCUT2D eigenvalue weighted by atomic mass is 10.0. The monoisotopic (exact) mass is 294 g/mol. The minimum absolute atomic E-state index is 0.0316. The summed E-state index contributed by atoms with van der Waals surface area (Å²) in [5, 5.41) is 0. The second-order valence-electron chi connectivity index (χ2n) is 5.81. The van der Waals surface area contributed by atoms with Crippen LogP contribution in [0.1, 0.15) is 24.8 Å². The van der Waals surface area contributed by atoms with Crippen LogP contribution in [-0.4, -0.2) is 33.0 Å². The number of rotatable bonds is 3. The van der Waals surface area contributed by atoms with Crippen molar-refractivity contribution in [3.05, 3.63) is 32.6 Å². The van der Waals surface area contributed by atoms with E-state index >= 15 is 0 Å². The van der Waals surface area contributed by atoms with Crippen LogP contribution in [0.5, 0.6) is 0 Å². The van der Waals surface area contributed by atoms with Crippen molar-refractivity contribution in [1.29, 1.82) is 0 Å². The SMILES string of the molecule is CN(Cc1cn(C)c(=O)n(C)c1=O)C(=O)C1CCCC1N. The molecule has 0 saturated heterocycles. The zero-order valence-corrected chi connectivity index (χ0v) is 12.7. The molecule has 7 heteroatoms. The number of nitrogens with zero attached hydrogens (tertiary/aromatic N) is 3. The molecule has 1 aromatic rings. The normalized spacial score (nSPS) is 21.5. The Balaban J connectivity index is 2.20. The van der Waals surface area contributed by atoms with Crippen molar-refractivity contribution in [2.24, 2.45) is 25.7 Å². The molecule has 0 radical (unpaired) electrons. The average molecular weight is 294 g/mol. The molecule has 0 aliphatic heterocycles. The maximum absolute atomic E-state index is 12.4. The van der Waals surface area contributed by atoms with Gasteiger partial charge < -0.3 is 15.2 Å². The lowest BCUT2D eigenvalue weighted by Gasteiger charge is -2.23. The lowest BCUT2D eigenvalue weighted by Crippen LogP contribution is -2.43. The van der Waals surface area contributed by atoms with Crippen LogP contribution in [0.15, 0.2) is 15.8 Å². The van der Waals surface area contributed by atoms with Crippen LogP contribution in [0, 0.1) is 5.92 Å². The fourth-order valence-corrected chi connectivity index (χ4v) is 2.90. The molecule has 0 aromatic carbocycles. The van der Waals surface area contributed by atoms with Crippen LogP contribution < -0.4 is 17.0 Å². The van der Waals surface area contributed by atoms with Gasteiger partial charge >= 0.3 is 5.69 Å². The Morgan fingerprint density at radius 1 is 1.38 bits per heavy atom. The summed E-state index contributed by atoms with van der Waals surface area (Å²) < 4.78 is 2.39. The fraction of sp³-hybridized carbons (Fsp3) is 0.643. The van der Waals surface area contributed by atoms with E-state index < -0.39 is 0 Å². The Morgan fingerprint density at radius 3 is 2.62 bits per heavy atom. The fourth-order valence-electron chi connectivity index (χ4n) is 2.90. The number of aromatic nitrogens is 2. The summed E-state index contributed by atoms with van der Waals surface area (Å²) in [4.78, 5) is 37.6. The van der Waals surface area contributed by atoms with Crippen molar-refractivity contribution >= 4 is 5.91 Å². The van der Waals surface area contributed by atoms with E-state index in [9.17, 15) is 14.4 Å². The number of amides is 1. The van der Waals surface area contributed by atoms with Crippen molar-refractivity contribution in [2.75, 3.05) is 7.05 Å². The van der Waals surface area contributed by atoms with E-state index in [1.165, 1.54) is 22.7 Å². The molecule has 2 atom stereocenters. The van der Waals surface area contributed by atoms with Gasteiger partial charge in [-0.25, -0.2) is 4.79 Å². The maximum atomic E-state index is 12.4. The molecule has 1 aliphatic rings. The molecule has 2 N–H and O–H groups in total. The maximum Gasteiger partial charge on any atom is 0.330 e. The average Bonchev–Trinajstić information content (AvgIpc) is 2.87. The molecule has 1 aliphatic carbocycles. The Labute approximate surface area is 123 Å². The Hall–Kier alpha value is -1.89. The highest BCUT2D eigenvalue weighted by Crippen LogP contribution is 2.25. The molecule has 2 unspecified atom stereocenters. The minimum Gasteiger partial charge on any atom is -0.341 e. The molecule has 1 saturated carbocycles. The van der Waals surface area contributed by atoms with Crippen molar-refractivity contribution in [3.8, 4) is 0 Å². The number of hydrogen-bond acceptors (Lipinski definition) is 4. The van der Waals surface area contributed by atoms with Crippen molar-refractivity contribution in [2.45, 2.75) is 31.8 Å². The molecule has 0 bridgehead atoms. The van der Waals surface area contributed by atoms with E-state index in [-0.39, 0.29) is 35.7 Å². The van der Waals surface area contributed by atoms with Gasteiger partial charge in [-0.15, -0.1) is 0 Å². The summed E-state index contributed by atoms with van der Waals surface area (Å²) in [6.45, 7) is 0.183. The van der Waals surface area contributed by atoms with Crippen LogP contribution in [-0.2, 0) is 25.4 Å². The number of hydrogen-bond donors (Lipinski definition) is 1. The molecular weight excluding hydrogens is 272 g/mol. The van der Waals surface area contributed by atoms with Crippen LogP contribution in [0.25, 0.3) is 0 Å². The Bertz CT molecular complexity index is 661. The van der Waals surface area contributed by atoms with Gasteiger partial charge in [0.15, 0.2) is 0 Å². The van der Waals surface area contributed by atoms with E-state index in [1.54, 1.807) is 14.1 Å². The number of nitrogens with two attached hydrogens (primary N) is 1. The molecule has 2 rings (SSSR count). The third kappa shape index (κ3) is 2.92. The van der Waals surface area contributed by atoms with E-state index in [4.69, 9.17) is 5.73 Å². The summed E-state index contributed by atoms with van der Waals surface area (Å²) >= 11 is 0. The first-order valence-electron chi connectivity index (χ1n) is 7.09. The number of aryl methyl sites for hydroxylation is 1. The summed E-state index contributed by atoms with van der Waals surface area (Å²) in [6, 6.07) is -0.0945. The first-order valence-corrected chi connectivity index (χ1v) is 7.09. The highest BCUT2D eigenvalue weighted by molar-refractivity contribution is 5.79. The summed E-state index contributed by atoms with van der Waals surface area (Å²) in [5.74, 6) is -0.192. The second kappa shape index (κ2) is 5.85. The van der Waals surface area contributed by atoms with E-state index in [0.29, 0.717) is 5.56 Å². The largest absolute Gasteiger partial charge is 0.341 e. The van der Waals surface area contributed by atoms with Gasteiger partial charge in [0, 0.05) is 33.4 Å². The third-order valence-corrected chi connectivity index (χ3v) is 4.19. The van der Waals surface area contributed by atoms with Gasteiger partial charge in [-0.2, -0.15) is 0 Å². The van der Waals surface area contributed by atoms with Crippen LogP contribution >= 0.6 is 0 Å². The number of carbonyl (C=O) groups excluding carboxylic acids is 1. The zero-order chi connectivity index (χ0) is 15.7. The van der Waals surface area contributed by atoms with Crippen LogP contribution in [0.2, 0.25) is 0 Å². The predicted octanol–water partition coefficient (Wildman–Crippen LogP) is -0.830. The molecule has 116 valence electrons. The molecule has 7 nitrogen and oxygen atoms in total. The van der Waals surface area contributed by atoms with Gasteiger partial charge in [-0.05, 0) is 12.8 Å². The Kier molecular flexibility index (Phi) is 4.32. The lowest BCUT2D eigenvalue weighted by molar-refractivity contribution is -0.134. The van der Waals surface area contributed by atoms with Gasteiger partial charge in [0.1, 0.15) is 0 Å². The van der Waals surface area contributed by atoms with Crippen LogP contribution in [0.4, 0.5) is 0 Å². The van der Waals surface area contributed by atoms with Crippen molar-refractivity contribution in [1.82, 2.24) is 14.0 Å². The molecule has 1 heterocycles. The molecule has 1 aromatic heterocycles. The highest BCUT2D eigenvalue weighted by atomic mass is 16.2. The van der Waals surface area contributed by atoms with Crippen molar-refractivity contribution < 1.29 is 4.79 Å². The summed E-state index contributed by atoms with van der Waals surface area (Å²) in [5.41, 5.74) is 5.62. The van der Waals surface area contributed by atoms with Gasteiger partial charge in [-0.1, -0.05) is 6.42 Å². The minimum atomic E-state index is -0.379. The van der Waals surface area contributed by atoms with E-state index in [0.717, 1.165) is 23.8 Å². The summed E-state index contributed by atoms with van der Waals surface area (Å²) in [6.07, 6.45) is 4.12. The van der Waals surface area contributed by atoms with Gasteiger partial charge in [0.25, 0.3) is 5.56 Å². The standard InChI is InChI=1S/C14H22N4O3/c1-16(13(20)10-5-4-6-11(10)15)7-9-8-17(2)14(21)18(3)12(9)19/h8,10-11H,4-7,15H2,1-3H3. The van der Waals surface area contributed by atoms with Crippen LogP contribution in [0.3, 0.4) is 0 Å². The zero-order valence-electron chi connectivity index (χ0n) is 12.7. The first kappa shape index (κ1) is 15.5. The smallest absolute Gasteiger partial charge is 0.330 e. The molecule has 0 spiro atoms. The van der Waals surface area contributed by atoms with Gasteiger partial charge in [0.05, 0.1) is 18.0 Å². The Morgan fingerprint density at radius 2 is 2.05 bits per heavy atom. The first-order chi connectivity index (χ1) is 9.82. The third-order valence-electron chi connectivity index (χ3n) is 4.19. The quantitative estimate of drug-likeness (QED) is 0.788. The van der Waals surface area contributed by atoms with Gasteiger partial charge in [-0.3, -0.25) is 14.2 Å². The highest BCUT2D eigenvalue weighted by Gasteiger charge is 2.32. The van der Waals surface area contributed by atoms with Crippen molar-refractivity contribution in [3.63, 3.8) is 0 Å². The molecule has 1 fully saturated rings. The molecular formula is C14H22N4O3. The van der Waals surface area contributed by atoms with Gasteiger partial charge in [0.2, 0.25) is 5.91 Å².